The van der Waals surface area contributed by atoms with E-state index in [-0.39, 0.29) is 11.8 Å². The van der Waals surface area contributed by atoms with Gasteiger partial charge in [-0.1, -0.05) is 85.8 Å². The number of carbonyl (C=O) groups is 2. The van der Waals surface area contributed by atoms with Gasteiger partial charge in [-0.25, -0.2) is 0 Å². The van der Waals surface area contributed by atoms with E-state index in [1.807, 2.05) is 72.8 Å². The highest BCUT2D eigenvalue weighted by molar-refractivity contribution is 5.98. The number of carbonyl (C=O) groups excluding carboxylic acids is 2. The van der Waals surface area contributed by atoms with Crippen molar-refractivity contribution >= 4 is 17.5 Å². The van der Waals surface area contributed by atoms with E-state index in [0.717, 1.165) is 23.2 Å². The first kappa shape index (κ1) is 20.3. The van der Waals surface area contributed by atoms with Crippen molar-refractivity contribution in [3.05, 3.63) is 102 Å². The normalized spacial score (nSPS) is 11.5. The van der Waals surface area contributed by atoms with Gasteiger partial charge in [-0.2, -0.15) is 0 Å². The highest BCUT2D eigenvalue weighted by Gasteiger charge is 2.21. The first-order valence-electron chi connectivity index (χ1n) is 9.91. The highest BCUT2D eigenvalue weighted by Crippen LogP contribution is 2.20. The van der Waals surface area contributed by atoms with Crippen LogP contribution in [-0.2, 0) is 22.4 Å². The molecule has 2 N–H and O–H groups in total. The van der Waals surface area contributed by atoms with Crippen molar-refractivity contribution in [3.8, 4) is 0 Å². The van der Waals surface area contributed by atoms with E-state index in [1.54, 1.807) is 6.92 Å². The van der Waals surface area contributed by atoms with Crippen LogP contribution in [-0.4, -0.2) is 17.9 Å². The summed E-state index contributed by atoms with van der Waals surface area (Å²) in [5, 5.41) is 5.88. The molecule has 0 bridgehead atoms. The van der Waals surface area contributed by atoms with Crippen LogP contribution in [0.2, 0.25) is 0 Å². The molecular formula is C25H26N2O2. The van der Waals surface area contributed by atoms with E-state index in [2.05, 4.69) is 22.8 Å². The number of hydrogen-bond donors (Lipinski definition) is 2. The SMILES string of the molecule is CCC(=O)N[C@H](Cc1ccccc1)C(=O)Nc1ccccc1Cc1ccccc1. The first-order chi connectivity index (χ1) is 14.2. The molecule has 29 heavy (non-hydrogen) atoms. The van der Waals surface area contributed by atoms with Gasteiger partial charge in [0.2, 0.25) is 11.8 Å². The molecule has 2 amide bonds. The highest BCUT2D eigenvalue weighted by atomic mass is 16.2. The van der Waals surface area contributed by atoms with E-state index < -0.39 is 6.04 Å². The third-order valence-electron chi connectivity index (χ3n) is 4.77. The molecule has 0 heterocycles. The third kappa shape index (κ3) is 6.04. The van der Waals surface area contributed by atoms with Crippen molar-refractivity contribution in [2.24, 2.45) is 0 Å². The summed E-state index contributed by atoms with van der Waals surface area (Å²) in [7, 11) is 0. The molecule has 0 aromatic heterocycles. The third-order valence-corrected chi connectivity index (χ3v) is 4.77. The lowest BCUT2D eigenvalue weighted by Crippen LogP contribution is -2.45. The zero-order valence-electron chi connectivity index (χ0n) is 16.6. The number of para-hydroxylation sites is 1. The van der Waals surface area contributed by atoms with Crippen LogP contribution in [0.4, 0.5) is 5.69 Å². The molecule has 4 heteroatoms. The molecule has 0 fully saturated rings. The van der Waals surface area contributed by atoms with Gasteiger partial charge in [0, 0.05) is 18.5 Å². The van der Waals surface area contributed by atoms with Crippen LogP contribution in [0.25, 0.3) is 0 Å². The fourth-order valence-corrected chi connectivity index (χ4v) is 3.19. The summed E-state index contributed by atoms with van der Waals surface area (Å²) in [4.78, 5) is 25.0. The molecule has 1 atom stereocenters. The Balaban J connectivity index is 1.77. The molecular weight excluding hydrogens is 360 g/mol. The van der Waals surface area contributed by atoms with Crippen LogP contribution in [0.1, 0.15) is 30.0 Å². The molecule has 0 radical (unpaired) electrons. The number of hydrogen-bond acceptors (Lipinski definition) is 2. The van der Waals surface area contributed by atoms with E-state index in [1.165, 1.54) is 5.56 Å². The second kappa shape index (κ2) is 10.2. The second-order valence-corrected chi connectivity index (χ2v) is 6.97. The number of amides is 2. The molecule has 3 rings (SSSR count). The largest absolute Gasteiger partial charge is 0.344 e. The van der Waals surface area contributed by atoms with Gasteiger partial charge >= 0.3 is 0 Å². The smallest absolute Gasteiger partial charge is 0.247 e. The van der Waals surface area contributed by atoms with Crippen molar-refractivity contribution < 1.29 is 9.59 Å². The Hall–Kier alpha value is -3.40. The summed E-state index contributed by atoms with van der Waals surface area (Å²) in [5.74, 6) is -0.352. The fourth-order valence-electron chi connectivity index (χ4n) is 3.19. The Labute approximate surface area is 172 Å². The number of benzene rings is 3. The Morgan fingerprint density at radius 3 is 2.03 bits per heavy atom. The lowest BCUT2D eigenvalue weighted by Gasteiger charge is -2.20. The van der Waals surface area contributed by atoms with E-state index in [4.69, 9.17) is 0 Å². The maximum Gasteiger partial charge on any atom is 0.247 e. The maximum atomic E-state index is 13.0. The van der Waals surface area contributed by atoms with Crippen LogP contribution in [0, 0.1) is 0 Å². The lowest BCUT2D eigenvalue weighted by atomic mass is 10.0. The van der Waals surface area contributed by atoms with Gasteiger partial charge in [-0.05, 0) is 29.2 Å². The van der Waals surface area contributed by atoms with Gasteiger partial charge in [0.1, 0.15) is 6.04 Å². The summed E-state index contributed by atoms with van der Waals surface area (Å²) in [6, 6.07) is 27.0. The molecule has 4 nitrogen and oxygen atoms in total. The van der Waals surface area contributed by atoms with Crippen LogP contribution in [0.15, 0.2) is 84.9 Å². The Bertz CT molecular complexity index is 939. The number of nitrogens with one attached hydrogen (secondary N) is 2. The maximum absolute atomic E-state index is 13.0. The number of anilines is 1. The van der Waals surface area contributed by atoms with Crippen molar-refractivity contribution in [1.29, 1.82) is 0 Å². The summed E-state index contributed by atoms with van der Waals surface area (Å²) < 4.78 is 0. The van der Waals surface area contributed by atoms with Crippen LogP contribution in [0.3, 0.4) is 0 Å². The topological polar surface area (TPSA) is 58.2 Å². The average Bonchev–Trinajstić information content (AvgIpc) is 2.76. The Morgan fingerprint density at radius 1 is 0.793 bits per heavy atom. The lowest BCUT2D eigenvalue weighted by molar-refractivity contribution is -0.126. The van der Waals surface area contributed by atoms with Crippen LogP contribution in [0.5, 0.6) is 0 Å². The fraction of sp³-hybridized carbons (Fsp3) is 0.200. The van der Waals surface area contributed by atoms with E-state index >= 15 is 0 Å². The van der Waals surface area contributed by atoms with Crippen molar-refractivity contribution in [3.63, 3.8) is 0 Å². The molecule has 3 aromatic carbocycles. The summed E-state index contributed by atoms with van der Waals surface area (Å²) in [6.07, 6.45) is 1.50. The number of rotatable bonds is 8. The van der Waals surface area contributed by atoms with Crippen LogP contribution >= 0.6 is 0 Å². The predicted molar refractivity (Wildman–Crippen MR) is 117 cm³/mol. The van der Waals surface area contributed by atoms with Crippen molar-refractivity contribution in [2.45, 2.75) is 32.2 Å². The molecule has 3 aromatic rings. The molecule has 0 aliphatic carbocycles. The summed E-state index contributed by atoms with van der Waals surface area (Å²) in [6.45, 7) is 1.78. The van der Waals surface area contributed by atoms with Gasteiger partial charge in [-0.15, -0.1) is 0 Å². The van der Waals surface area contributed by atoms with Gasteiger partial charge in [0.25, 0.3) is 0 Å². The minimum absolute atomic E-state index is 0.140. The van der Waals surface area contributed by atoms with Gasteiger partial charge in [0.05, 0.1) is 0 Å². The zero-order chi connectivity index (χ0) is 20.5. The minimum Gasteiger partial charge on any atom is -0.344 e. The quantitative estimate of drug-likeness (QED) is 0.605. The molecule has 0 saturated heterocycles. The average molecular weight is 386 g/mol. The molecule has 0 aliphatic heterocycles. The molecule has 148 valence electrons. The van der Waals surface area contributed by atoms with Gasteiger partial charge < -0.3 is 10.6 Å². The second-order valence-electron chi connectivity index (χ2n) is 6.97. The van der Waals surface area contributed by atoms with Gasteiger partial charge in [0.15, 0.2) is 0 Å². The molecule has 0 aliphatic rings. The molecule has 0 saturated carbocycles. The van der Waals surface area contributed by atoms with Crippen molar-refractivity contribution in [2.75, 3.05) is 5.32 Å². The standard InChI is InChI=1S/C25H26N2O2/c1-2-24(28)26-23(18-20-13-7-4-8-14-20)25(29)27-22-16-10-9-15-21(22)17-19-11-5-3-6-12-19/h3-16,23H,2,17-18H2,1H3,(H,26,28)(H,27,29)/t23-/m1/s1. The molecule has 0 spiro atoms. The monoisotopic (exact) mass is 386 g/mol. The zero-order valence-corrected chi connectivity index (χ0v) is 16.6. The summed E-state index contributed by atoms with van der Waals surface area (Å²) >= 11 is 0. The first-order valence-corrected chi connectivity index (χ1v) is 9.91. The summed E-state index contributed by atoms with van der Waals surface area (Å²) in [5.41, 5.74) is 3.98. The van der Waals surface area contributed by atoms with Gasteiger partial charge in [-0.3, -0.25) is 9.59 Å². The predicted octanol–water partition coefficient (Wildman–Crippen LogP) is 4.35. The Morgan fingerprint density at radius 2 is 1.38 bits per heavy atom. The van der Waals surface area contributed by atoms with E-state index in [9.17, 15) is 9.59 Å². The van der Waals surface area contributed by atoms with Crippen LogP contribution < -0.4 is 10.6 Å². The minimum atomic E-state index is -0.630. The van der Waals surface area contributed by atoms with E-state index in [0.29, 0.717) is 12.8 Å². The molecule has 0 unspecified atom stereocenters. The Kier molecular flexibility index (Phi) is 7.17. The van der Waals surface area contributed by atoms with Crippen molar-refractivity contribution in [1.82, 2.24) is 5.32 Å².